The number of aliphatic hydroxyl groups excluding tert-OH is 1. The third kappa shape index (κ3) is 4.70. The van der Waals surface area contributed by atoms with E-state index in [4.69, 9.17) is 33.0 Å². The van der Waals surface area contributed by atoms with Crippen LogP contribution < -0.4 is 10.6 Å². The maximum Gasteiger partial charge on any atom is 0.319 e. The smallest absolute Gasteiger partial charge is 0.319 e. The SMILES string of the molecule is COCC(CO)NC(=O)Nc1cc(Cl)ccc1Cl. The van der Waals surface area contributed by atoms with Gasteiger partial charge < -0.3 is 20.5 Å². The highest BCUT2D eigenvalue weighted by Gasteiger charge is 2.12. The van der Waals surface area contributed by atoms with Gasteiger partial charge in [-0.2, -0.15) is 0 Å². The monoisotopic (exact) mass is 292 g/mol. The van der Waals surface area contributed by atoms with Crippen LogP contribution in [0.25, 0.3) is 0 Å². The van der Waals surface area contributed by atoms with Crippen LogP contribution in [0.3, 0.4) is 0 Å². The molecule has 18 heavy (non-hydrogen) atoms. The molecule has 0 aliphatic carbocycles. The number of amides is 2. The van der Waals surface area contributed by atoms with E-state index < -0.39 is 12.1 Å². The van der Waals surface area contributed by atoms with Gasteiger partial charge in [-0.25, -0.2) is 4.79 Å². The molecule has 1 aromatic carbocycles. The number of ether oxygens (including phenoxy) is 1. The summed E-state index contributed by atoms with van der Waals surface area (Å²) in [7, 11) is 1.48. The first-order valence-corrected chi connectivity index (χ1v) is 5.94. The lowest BCUT2D eigenvalue weighted by Gasteiger charge is -2.16. The Hall–Kier alpha value is -1.01. The van der Waals surface area contributed by atoms with Crippen LogP contribution in [-0.4, -0.2) is 37.5 Å². The molecule has 0 aromatic heterocycles. The number of benzene rings is 1. The summed E-state index contributed by atoms with van der Waals surface area (Å²) in [6.45, 7) is -0.00225. The van der Waals surface area contributed by atoms with E-state index in [0.717, 1.165) is 0 Å². The van der Waals surface area contributed by atoms with Crippen molar-refractivity contribution in [3.05, 3.63) is 28.2 Å². The van der Waals surface area contributed by atoms with Crippen molar-refractivity contribution in [2.24, 2.45) is 0 Å². The highest BCUT2D eigenvalue weighted by atomic mass is 35.5. The zero-order chi connectivity index (χ0) is 13.5. The Balaban J connectivity index is 2.61. The molecule has 1 rings (SSSR count). The van der Waals surface area contributed by atoms with E-state index >= 15 is 0 Å². The van der Waals surface area contributed by atoms with Gasteiger partial charge in [-0.1, -0.05) is 23.2 Å². The topological polar surface area (TPSA) is 70.6 Å². The third-order valence-corrected chi connectivity index (χ3v) is 2.66. The predicted molar refractivity (Wildman–Crippen MR) is 71.4 cm³/mol. The molecule has 0 saturated heterocycles. The van der Waals surface area contributed by atoms with E-state index in [1.165, 1.54) is 13.2 Å². The standard InChI is InChI=1S/C11H14Cl2N2O3/c1-18-6-8(5-16)14-11(17)15-10-4-7(12)2-3-9(10)13/h2-4,8,16H,5-6H2,1H3,(H2,14,15,17). The van der Waals surface area contributed by atoms with Gasteiger partial charge in [0.1, 0.15) is 0 Å². The largest absolute Gasteiger partial charge is 0.394 e. The minimum absolute atomic E-state index is 0.215. The number of rotatable bonds is 5. The van der Waals surface area contributed by atoms with E-state index in [-0.39, 0.29) is 13.2 Å². The van der Waals surface area contributed by atoms with Gasteiger partial charge in [0.2, 0.25) is 0 Å². The summed E-state index contributed by atoms with van der Waals surface area (Å²) in [6.07, 6.45) is 0. The summed E-state index contributed by atoms with van der Waals surface area (Å²) in [6, 6.07) is 3.77. The van der Waals surface area contributed by atoms with Crippen LogP contribution in [0.5, 0.6) is 0 Å². The van der Waals surface area contributed by atoms with Crippen molar-refractivity contribution in [3.63, 3.8) is 0 Å². The van der Waals surface area contributed by atoms with Crippen LogP contribution in [-0.2, 0) is 4.74 Å². The summed E-state index contributed by atoms with van der Waals surface area (Å²) in [5.74, 6) is 0. The van der Waals surface area contributed by atoms with Crippen molar-refractivity contribution >= 4 is 34.9 Å². The first-order chi connectivity index (χ1) is 8.56. The molecule has 0 heterocycles. The zero-order valence-electron chi connectivity index (χ0n) is 9.74. The molecule has 0 bridgehead atoms. The maximum absolute atomic E-state index is 11.6. The Bertz CT molecular complexity index is 415. The fourth-order valence-electron chi connectivity index (χ4n) is 1.28. The molecule has 7 heteroatoms. The Kier molecular flexibility index (Phi) is 6.21. The van der Waals surface area contributed by atoms with Crippen molar-refractivity contribution in [2.45, 2.75) is 6.04 Å². The van der Waals surface area contributed by atoms with E-state index in [1.54, 1.807) is 12.1 Å². The summed E-state index contributed by atoms with van der Waals surface area (Å²) in [5, 5.41) is 14.9. The predicted octanol–water partition coefficient (Wildman–Crippen LogP) is 2.12. The van der Waals surface area contributed by atoms with Gasteiger partial charge >= 0.3 is 6.03 Å². The summed E-state index contributed by atoms with van der Waals surface area (Å²) in [4.78, 5) is 11.6. The molecule has 1 aromatic rings. The molecule has 1 atom stereocenters. The van der Waals surface area contributed by atoms with Gasteiger partial charge in [0.05, 0.1) is 30.0 Å². The highest BCUT2D eigenvalue weighted by Crippen LogP contribution is 2.25. The number of nitrogens with one attached hydrogen (secondary N) is 2. The van der Waals surface area contributed by atoms with Crippen molar-refractivity contribution in [3.8, 4) is 0 Å². The van der Waals surface area contributed by atoms with Crippen LogP contribution in [0.4, 0.5) is 10.5 Å². The van der Waals surface area contributed by atoms with Crippen molar-refractivity contribution < 1.29 is 14.6 Å². The fraction of sp³-hybridized carbons (Fsp3) is 0.364. The van der Waals surface area contributed by atoms with Crippen molar-refractivity contribution in [1.29, 1.82) is 0 Å². The van der Waals surface area contributed by atoms with Crippen LogP contribution in [0.2, 0.25) is 10.0 Å². The molecule has 5 nitrogen and oxygen atoms in total. The number of anilines is 1. The van der Waals surface area contributed by atoms with E-state index in [2.05, 4.69) is 10.6 Å². The quantitative estimate of drug-likeness (QED) is 0.778. The molecule has 0 aliphatic rings. The number of halogens is 2. The average Bonchev–Trinajstić information content (AvgIpc) is 2.33. The molecule has 0 saturated carbocycles. The third-order valence-electron chi connectivity index (χ3n) is 2.10. The van der Waals surface area contributed by atoms with Crippen molar-refractivity contribution in [1.82, 2.24) is 5.32 Å². The molecule has 1 unspecified atom stereocenters. The number of aliphatic hydroxyl groups is 1. The second-order valence-electron chi connectivity index (χ2n) is 3.56. The molecule has 0 radical (unpaired) electrons. The van der Waals surface area contributed by atoms with Crippen LogP contribution in [0, 0.1) is 0 Å². The molecular weight excluding hydrogens is 279 g/mol. The van der Waals surface area contributed by atoms with Gasteiger partial charge in [0.15, 0.2) is 0 Å². The maximum atomic E-state index is 11.6. The minimum atomic E-state index is -0.490. The Morgan fingerprint density at radius 1 is 1.50 bits per heavy atom. The van der Waals surface area contributed by atoms with Crippen LogP contribution in [0.15, 0.2) is 18.2 Å². The van der Waals surface area contributed by atoms with Gasteiger partial charge in [0, 0.05) is 12.1 Å². The van der Waals surface area contributed by atoms with Gasteiger partial charge in [-0.3, -0.25) is 0 Å². The van der Waals surface area contributed by atoms with E-state index in [1.807, 2.05) is 0 Å². The van der Waals surface area contributed by atoms with Gasteiger partial charge in [-0.15, -0.1) is 0 Å². The zero-order valence-corrected chi connectivity index (χ0v) is 11.3. The summed E-state index contributed by atoms with van der Waals surface area (Å²) < 4.78 is 4.84. The highest BCUT2D eigenvalue weighted by molar-refractivity contribution is 6.35. The van der Waals surface area contributed by atoms with Gasteiger partial charge in [0.25, 0.3) is 0 Å². The molecule has 0 fully saturated rings. The second kappa shape index (κ2) is 7.43. The molecule has 3 N–H and O–H groups in total. The van der Waals surface area contributed by atoms with Gasteiger partial charge in [-0.05, 0) is 18.2 Å². The van der Waals surface area contributed by atoms with E-state index in [9.17, 15) is 4.79 Å². The Morgan fingerprint density at radius 3 is 2.83 bits per heavy atom. The number of hydrogen-bond donors (Lipinski definition) is 3. The van der Waals surface area contributed by atoms with Crippen LogP contribution >= 0.6 is 23.2 Å². The molecule has 100 valence electrons. The van der Waals surface area contributed by atoms with Crippen molar-refractivity contribution in [2.75, 3.05) is 25.6 Å². The number of urea groups is 1. The Morgan fingerprint density at radius 2 is 2.22 bits per heavy atom. The summed E-state index contributed by atoms with van der Waals surface area (Å²) >= 11 is 11.7. The Labute approximate surface area is 115 Å². The second-order valence-corrected chi connectivity index (χ2v) is 4.40. The summed E-state index contributed by atoms with van der Waals surface area (Å²) in [5.41, 5.74) is 0.399. The first kappa shape index (κ1) is 15.0. The van der Waals surface area contributed by atoms with Crippen LogP contribution in [0.1, 0.15) is 0 Å². The lowest BCUT2D eigenvalue weighted by molar-refractivity contribution is 0.132. The number of methoxy groups -OCH3 is 1. The molecule has 0 aliphatic heterocycles. The molecule has 2 amide bonds. The number of carbonyl (C=O) groups is 1. The normalized spacial score (nSPS) is 12.0. The van der Waals surface area contributed by atoms with E-state index in [0.29, 0.717) is 15.7 Å². The lowest BCUT2D eigenvalue weighted by Crippen LogP contribution is -2.42. The molecule has 0 spiro atoms. The number of carbonyl (C=O) groups excluding carboxylic acids is 1. The minimum Gasteiger partial charge on any atom is -0.394 e. The molecular formula is C11H14Cl2N2O3. The average molecular weight is 293 g/mol. The first-order valence-electron chi connectivity index (χ1n) is 5.19. The fourth-order valence-corrected chi connectivity index (χ4v) is 1.62. The lowest BCUT2D eigenvalue weighted by atomic mass is 10.3. The number of hydrogen-bond acceptors (Lipinski definition) is 3.